The van der Waals surface area contributed by atoms with Crippen molar-refractivity contribution < 1.29 is 0 Å². The van der Waals surface area contributed by atoms with E-state index < -0.39 is 0 Å². The molecule has 1 aliphatic carbocycles. The Morgan fingerprint density at radius 1 is 1.14 bits per heavy atom. The fraction of sp³-hybridized carbons (Fsp3) is 0.538. The van der Waals surface area contributed by atoms with Crippen molar-refractivity contribution >= 4 is 11.6 Å². The highest BCUT2D eigenvalue weighted by molar-refractivity contribution is 6.21. The first kappa shape index (κ1) is 10.0. The van der Waals surface area contributed by atoms with Crippen LogP contribution >= 0.6 is 11.6 Å². The zero-order valence-electron chi connectivity index (χ0n) is 8.83. The molecule has 0 aliphatic heterocycles. The van der Waals surface area contributed by atoms with Gasteiger partial charge in [0.15, 0.2) is 0 Å². The highest BCUT2D eigenvalue weighted by atomic mass is 35.5. The van der Waals surface area contributed by atoms with Gasteiger partial charge in [0.25, 0.3) is 0 Å². The van der Waals surface area contributed by atoms with Crippen molar-refractivity contribution in [3.8, 4) is 0 Å². The van der Waals surface area contributed by atoms with E-state index in [-0.39, 0.29) is 0 Å². The Hall–Kier alpha value is -0.490. The fourth-order valence-corrected chi connectivity index (χ4v) is 2.70. The topological polar surface area (TPSA) is 0 Å². The van der Waals surface area contributed by atoms with Gasteiger partial charge in [0.2, 0.25) is 0 Å². The minimum Gasteiger partial charge on any atom is -0.123 e. The first-order valence-electron chi connectivity index (χ1n) is 5.39. The molecule has 0 aromatic heterocycles. The highest BCUT2D eigenvalue weighted by Crippen LogP contribution is 2.41. The summed E-state index contributed by atoms with van der Waals surface area (Å²) in [6.07, 6.45) is 2.42. The van der Waals surface area contributed by atoms with Gasteiger partial charge in [0, 0.05) is 5.38 Å². The first-order chi connectivity index (χ1) is 6.68. The van der Waals surface area contributed by atoms with Gasteiger partial charge < -0.3 is 0 Å². The van der Waals surface area contributed by atoms with Crippen molar-refractivity contribution in [3.63, 3.8) is 0 Å². The van der Waals surface area contributed by atoms with Crippen molar-refractivity contribution in [2.24, 2.45) is 5.92 Å². The van der Waals surface area contributed by atoms with Gasteiger partial charge in [0.05, 0.1) is 0 Å². The molecule has 0 saturated heterocycles. The quantitative estimate of drug-likeness (QED) is 0.610. The van der Waals surface area contributed by atoms with Crippen molar-refractivity contribution in [2.75, 3.05) is 0 Å². The molecular formula is C13H17Cl. The van der Waals surface area contributed by atoms with E-state index in [9.17, 15) is 0 Å². The minimum atomic E-state index is 0.376. The Bertz CT molecular complexity index is 302. The predicted molar refractivity (Wildman–Crippen MR) is 62.0 cm³/mol. The Balaban J connectivity index is 2.19. The van der Waals surface area contributed by atoms with Crippen molar-refractivity contribution in [1.82, 2.24) is 0 Å². The molecule has 14 heavy (non-hydrogen) atoms. The van der Waals surface area contributed by atoms with Gasteiger partial charge in [-0.05, 0) is 37.2 Å². The number of alkyl halides is 1. The van der Waals surface area contributed by atoms with Crippen LogP contribution in [0.15, 0.2) is 24.3 Å². The van der Waals surface area contributed by atoms with E-state index in [4.69, 9.17) is 11.6 Å². The summed E-state index contributed by atoms with van der Waals surface area (Å²) in [5, 5.41) is 0.376. The second-order valence-electron chi connectivity index (χ2n) is 4.47. The zero-order valence-corrected chi connectivity index (χ0v) is 9.59. The molecule has 1 heteroatoms. The summed E-state index contributed by atoms with van der Waals surface area (Å²) < 4.78 is 0. The van der Waals surface area contributed by atoms with E-state index in [2.05, 4.69) is 38.1 Å². The molecule has 1 fully saturated rings. The summed E-state index contributed by atoms with van der Waals surface area (Å²) in [5.41, 5.74) is 2.80. The molecule has 3 unspecified atom stereocenters. The third kappa shape index (κ3) is 1.81. The maximum Gasteiger partial charge on any atom is 0.0367 e. The molecule has 1 aliphatic rings. The van der Waals surface area contributed by atoms with Crippen LogP contribution in [0.25, 0.3) is 0 Å². The lowest BCUT2D eigenvalue weighted by atomic mass is 9.90. The fourth-order valence-electron chi connectivity index (χ4n) is 2.40. The van der Waals surface area contributed by atoms with E-state index in [0.29, 0.717) is 17.2 Å². The smallest absolute Gasteiger partial charge is 0.0367 e. The molecule has 3 atom stereocenters. The van der Waals surface area contributed by atoms with E-state index in [1.54, 1.807) is 0 Å². The molecule has 0 nitrogen and oxygen atoms in total. The van der Waals surface area contributed by atoms with Crippen molar-refractivity contribution in [1.29, 1.82) is 0 Å². The van der Waals surface area contributed by atoms with Crippen LogP contribution < -0.4 is 0 Å². The largest absolute Gasteiger partial charge is 0.123 e. The summed E-state index contributed by atoms with van der Waals surface area (Å²) in [7, 11) is 0. The van der Waals surface area contributed by atoms with Gasteiger partial charge >= 0.3 is 0 Å². The summed E-state index contributed by atoms with van der Waals surface area (Å²) in [5.74, 6) is 1.30. The van der Waals surface area contributed by atoms with E-state index >= 15 is 0 Å². The highest BCUT2D eigenvalue weighted by Gasteiger charge is 2.31. The average molecular weight is 209 g/mol. The van der Waals surface area contributed by atoms with Gasteiger partial charge in [-0.1, -0.05) is 36.8 Å². The molecule has 0 heterocycles. The molecule has 1 aromatic rings. The molecule has 76 valence electrons. The molecule has 0 bridgehead atoms. The molecular weight excluding hydrogens is 192 g/mol. The lowest BCUT2D eigenvalue weighted by Crippen LogP contribution is -2.09. The molecule has 1 aromatic carbocycles. The third-order valence-corrected chi connectivity index (χ3v) is 4.08. The van der Waals surface area contributed by atoms with Crippen LogP contribution in [0.2, 0.25) is 0 Å². The number of benzene rings is 1. The Kier molecular flexibility index (Phi) is 2.83. The predicted octanol–water partition coefficient (Wildman–Crippen LogP) is 4.12. The van der Waals surface area contributed by atoms with Gasteiger partial charge in [-0.3, -0.25) is 0 Å². The average Bonchev–Trinajstić information content (AvgIpc) is 2.50. The number of hydrogen-bond acceptors (Lipinski definition) is 0. The van der Waals surface area contributed by atoms with E-state index in [1.807, 2.05) is 0 Å². The van der Waals surface area contributed by atoms with Crippen LogP contribution in [-0.4, -0.2) is 5.38 Å². The molecule has 0 radical (unpaired) electrons. The maximum atomic E-state index is 6.24. The van der Waals surface area contributed by atoms with Crippen molar-refractivity contribution in [3.05, 3.63) is 35.4 Å². The van der Waals surface area contributed by atoms with E-state index in [0.717, 1.165) is 0 Å². The summed E-state index contributed by atoms with van der Waals surface area (Å²) in [6.45, 7) is 4.40. The second kappa shape index (κ2) is 3.94. The van der Waals surface area contributed by atoms with Crippen LogP contribution in [0.4, 0.5) is 0 Å². The monoisotopic (exact) mass is 208 g/mol. The zero-order chi connectivity index (χ0) is 10.1. The Morgan fingerprint density at radius 3 is 2.29 bits per heavy atom. The van der Waals surface area contributed by atoms with E-state index in [1.165, 1.54) is 24.0 Å². The molecule has 0 amide bonds. The summed E-state index contributed by atoms with van der Waals surface area (Å²) in [6, 6.07) is 8.91. The number of rotatable bonds is 1. The van der Waals surface area contributed by atoms with Crippen LogP contribution in [0, 0.1) is 12.8 Å². The molecule has 1 saturated carbocycles. The minimum absolute atomic E-state index is 0.376. The van der Waals surface area contributed by atoms with Gasteiger partial charge in [-0.2, -0.15) is 0 Å². The standard InChI is InChI=1S/C13H17Cl/c1-9-3-5-11(6-4-9)12-7-8-13(14)10(12)2/h3-6,10,12-13H,7-8H2,1-2H3. The van der Waals surface area contributed by atoms with Crippen molar-refractivity contribution in [2.45, 2.75) is 38.0 Å². The SMILES string of the molecule is Cc1ccc(C2CCC(Cl)C2C)cc1. The summed E-state index contributed by atoms with van der Waals surface area (Å²) in [4.78, 5) is 0. The first-order valence-corrected chi connectivity index (χ1v) is 5.83. The molecule has 0 N–H and O–H groups in total. The molecule has 2 rings (SSSR count). The number of aryl methyl sites for hydroxylation is 1. The Morgan fingerprint density at radius 2 is 1.79 bits per heavy atom. The second-order valence-corrected chi connectivity index (χ2v) is 5.03. The lowest BCUT2D eigenvalue weighted by molar-refractivity contribution is 0.537. The maximum absolute atomic E-state index is 6.24. The van der Waals surface area contributed by atoms with Crippen LogP contribution in [-0.2, 0) is 0 Å². The normalized spacial score (nSPS) is 32.1. The molecule has 0 spiro atoms. The van der Waals surface area contributed by atoms with Crippen LogP contribution in [0.3, 0.4) is 0 Å². The number of hydrogen-bond donors (Lipinski definition) is 0. The van der Waals surface area contributed by atoms with Gasteiger partial charge in [-0.15, -0.1) is 11.6 Å². The van der Waals surface area contributed by atoms with Crippen LogP contribution in [0.5, 0.6) is 0 Å². The summed E-state index contributed by atoms with van der Waals surface area (Å²) >= 11 is 6.24. The van der Waals surface area contributed by atoms with Crippen LogP contribution in [0.1, 0.15) is 36.8 Å². The van der Waals surface area contributed by atoms with Gasteiger partial charge in [-0.25, -0.2) is 0 Å². The Labute approximate surface area is 91.3 Å². The van der Waals surface area contributed by atoms with Gasteiger partial charge in [0.1, 0.15) is 0 Å². The number of halogens is 1. The lowest BCUT2D eigenvalue weighted by Gasteiger charge is -2.17. The third-order valence-electron chi connectivity index (χ3n) is 3.46.